The SMILES string of the molecule is COc1cccc(CCC(Br)C2CCCC2)c1F. The number of rotatable bonds is 5. The van der Waals surface area contributed by atoms with E-state index in [-0.39, 0.29) is 5.82 Å². The summed E-state index contributed by atoms with van der Waals surface area (Å²) in [5, 5.41) is 0. The van der Waals surface area contributed by atoms with Gasteiger partial charge in [0, 0.05) is 4.83 Å². The summed E-state index contributed by atoms with van der Waals surface area (Å²) in [5.41, 5.74) is 0.761. The lowest BCUT2D eigenvalue weighted by atomic mass is 9.98. The van der Waals surface area contributed by atoms with Gasteiger partial charge in [0.1, 0.15) is 0 Å². The number of hydrogen-bond donors (Lipinski definition) is 0. The van der Waals surface area contributed by atoms with Crippen molar-refractivity contribution in [3.8, 4) is 5.75 Å². The van der Waals surface area contributed by atoms with Crippen LogP contribution in [0.2, 0.25) is 0 Å². The molecule has 2 rings (SSSR count). The Labute approximate surface area is 117 Å². The lowest BCUT2D eigenvalue weighted by Gasteiger charge is -2.17. The van der Waals surface area contributed by atoms with Gasteiger partial charge < -0.3 is 4.74 Å². The van der Waals surface area contributed by atoms with E-state index in [0.717, 1.165) is 24.3 Å². The fraction of sp³-hybridized carbons (Fsp3) is 0.600. The summed E-state index contributed by atoms with van der Waals surface area (Å²) in [4.78, 5) is 0.519. The summed E-state index contributed by atoms with van der Waals surface area (Å²) in [7, 11) is 1.51. The number of halogens is 2. The highest BCUT2D eigenvalue weighted by atomic mass is 79.9. The summed E-state index contributed by atoms with van der Waals surface area (Å²) in [5.74, 6) is 0.921. The van der Waals surface area contributed by atoms with Gasteiger partial charge in [0.05, 0.1) is 7.11 Å². The standard InChI is InChI=1S/C15H20BrFO/c1-18-14-8-4-7-12(15(14)17)9-10-13(16)11-5-2-3-6-11/h4,7-8,11,13H,2-3,5-6,9-10H2,1H3. The number of methoxy groups -OCH3 is 1. The summed E-state index contributed by atoms with van der Waals surface area (Å²) in [6.45, 7) is 0. The number of benzene rings is 1. The molecular formula is C15H20BrFO. The Morgan fingerprint density at radius 2 is 2.11 bits per heavy atom. The second kappa shape index (κ2) is 6.55. The first-order chi connectivity index (χ1) is 8.72. The summed E-state index contributed by atoms with van der Waals surface area (Å²) in [6, 6.07) is 5.38. The number of ether oxygens (including phenoxy) is 1. The van der Waals surface area contributed by atoms with Gasteiger partial charge in [-0.1, -0.05) is 40.9 Å². The van der Waals surface area contributed by atoms with Gasteiger partial charge in [-0.15, -0.1) is 0 Å². The summed E-state index contributed by atoms with van der Waals surface area (Å²) >= 11 is 3.77. The molecule has 1 nitrogen and oxygen atoms in total. The predicted molar refractivity (Wildman–Crippen MR) is 75.9 cm³/mol. The van der Waals surface area contributed by atoms with E-state index in [9.17, 15) is 4.39 Å². The highest BCUT2D eigenvalue weighted by Gasteiger charge is 2.23. The molecule has 0 bridgehead atoms. The zero-order chi connectivity index (χ0) is 13.0. The topological polar surface area (TPSA) is 9.23 Å². The average molecular weight is 315 g/mol. The molecule has 0 saturated heterocycles. The van der Waals surface area contributed by atoms with Crippen LogP contribution in [0.25, 0.3) is 0 Å². The van der Waals surface area contributed by atoms with Crippen LogP contribution in [0, 0.1) is 11.7 Å². The molecule has 1 aliphatic carbocycles. The van der Waals surface area contributed by atoms with Crippen molar-refractivity contribution >= 4 is 15.9 Å². The molecule has 1 atom stereocenters. The minimum absolute atomic E-state index is 0.203. The minimum atomic E-state index is -0.203. The largest absolute Gasteiger partial charge is 0.494 e. The number of aryl methyl sites for hydroxylation is 1. The highest BCUT2D eigenvalue weighted by Crippen LogP contribution is 2.34. The van der Waals surface area contributed by atoms with Crippen molar-refractivity contribution in [2.75, 3.05) is 7.11 Å². The van der Waals surface area contributed by atoms with Gasteiger partial charge in [0.25, 0.3) is 0 Å². The lowest BCUT2D eigenvalue weighted by molar-refractivity contribution is 0.383. The van der Waals surface area contributed by atoms with E-state index in [2.05, 4.69) is 15.9 Å². The molecule has 1 aliphatic rings. The number of hydrogen-bond acceptors (Lipinski definition) is 1. The summed E-state index contributed by atoms with van der Waals surface area (Å²) in [6.07, 6.45) is 7.10. The van der Waals surface area contributed by atoms with E-state index in [1.807, 2.05) is 12.1 Å². The Morgan fingerprint density at radius 1 is 1.39 bits per heavy atom. The Bertz CT molecular complexity index is 388. The molecule has 1 fully saturated rings. The van der Waals surface area contributed by atoms with E-state index >= 15 is 0 Å². The highest BCUT2D eigenvalue weighted by molar-refractivity contribution is 9.09. The third-order valence-corrected chi connectivity index (χ3v) is 5.07. The fourth-order valence-electron chi connectivity index (χ4n) is 2.76. The number of alkyl halides is 1. The Balaban J connectivity index is 1.93. The first-order valence-corrected chi connectivity index (χ1v) is 7.59. The molecule has 1 aromatic carbocycles. The first-order valence-electron chi connectivity index (χ1n) is 6.68. The molecule has 0 amide bonds. The molecule has 0 N–H and O–H groups in total. The van der Waals surface area contributed by atoms with Crippen LogP contribution in [-0.4, -0.2) is 11.9 Å². The maximum Gasteiger partial charge on any atom is 0.168 e. The van der Waals surface area contributed by atoms with Crippen molar-refractivity contribution in [2.24, 2.45) is 5.92 Å². The molecule has 0 aromatic heterocycles. The van der Waals surface area contributed by atoms with Crippen LogP contribution in [0.3, 0.4) is 0 Å². The van der Waals surface area contributed by atoms with E-state index in [0.29, 0.717) is 10.6 Å². The second-order valence-electron chi connectivity index (χ2n) is 5.03. The second-order valence-corrected chi connectivity index (χ2v) is 6.21. The maximum absolute atomic E-state index is 14.0. The van der Waals surface area contributed by atoms with E-state index in [1.54, 1.807) is 6.07 Å². The molecule has 1 unspecified atom stereocenters. The Morgan fingerprint density at radius 3 is 2.78 bits per heavy atom. The summed E-state index contributed by atoms with van der Waals surface area (Å²) < 4.78 is 19.0. The third-order valence-electron chi connectivity index (χ3n) is 3.86. The van der Waals surface area contributed by atoms with Crippen LogP contribution in [-0.2, 0) is 6.42 Å². The van der Waals surface area contributed by atoms with Crippen LogP contribution in [0.4, 0.5) is 4.39 Å². The van der Waals surface area contributed by atoms with Crippen molar-refractivity contribution in [2.45, 2.75) is 43.4 Å². The molecule has 0 aliphatic heterocycles. The van der Waals surface area contributed by atoms with Gasteiger partial charge in [-0.25, -0.2) is 4.39 Å². The molecule has 18 heavy (non-hydrogen) atoms. The monoisotopic (exact) mass is 314 g/mol. The van der Waals surface area contributed by atoms with Crippen molar-refractivity contribution < 1.29 is 9.13 Å². The molecule has 0 heterocycles. The lowest BCUT2D eigenvalue weighted by Crippen LogP contribution is -2.12. The Kier molecular flexibility index (Phi) is 5.04. The smallest absolute Gasteiger partial charge is 0.168 e. The van der Waals surface area contributed by atoms with Gasteiger partial charge >= 0.3 is 0 Å². The van der Waals surface area contributed by atoms with Gasteiger partial charge in [-0.2, -0.15) is 0 Å². The average Bonchev–Trinajstić information content (AvgIpc) is 2.91. The molecule has 1 aromatic rings. The zero-order valence-electron chi connectivity index (χ0n) is 10.8. The molecule has 0 radical (unpaired) electrons. The van der Waals surface area contributed by atoms with Crippen LogP contribution >= 0.6 is 15.9 Å². The van der Waals surface area contributed by atoms with Gasteiger partial charge in [-0.3, -0.25) is 0 Å². The van der Waals surface area contributed by atoms with Crippen LogP contribution < -0.4 is 4.74 Å². The van der Waals surface area contributed by atoms with Gasteiger partial charge in [0.15, 0.2) is 11.6 Å². The normalized spacial score (nSPS) is 17.9. The van der Waals surface area contributed by atoms with E-state index < -0.39 is 0 Å². The molecule has 100 valence electrons. The van der Waals surface area contributed by atoms with Gasteiger partial charge in [-0.05, 0) is 43.2 Å². The van der Waals surface area contributed by atoms with Crippen molar-refractivity contribution in [3.63, 3.8) is 0 Å². The van der Waals surface area contributed by atoms with Crippen LogP contribution in [0.1, 0.15) is 37.7 Å². The van der Waals surface area contributed by atoms with Crippen molar-refractivity contribution in [1.29, 1.82) is 0 Å². The van der Waals surface area contributed by atoms with Gasteiger partial charge in [0.2, 0.25) is 0 Å². The molecular weight excluding hydrogens is 295 g/mol. The van der Waals surface area contributed by atoms with E-state index in [4.69, 9.17) is 4.74 Å². The maximum atomic E-state index is 14.0. The fourth-order valence-corrected chi connectivity index (χ4v) is 3.51. The third kappa shape index (κ3) is 3.25. The molecule has 1 saturated carbocycles. The van der Waals surface area contributed by atoms with Crippen LogP contribution in [0.5, 0.6) is 5.75 Å². The zero-order valence-corrected chi connectivity index (χ0v) is 12.4. The first kappa shape index (κ1) is 13.9. The Hall–Kier alpha value is -0.570. The molecule has 0 spiro atoms. The van der Waals surface area contributed by atoms with E-state index in [1.165, 1.54) is 32.8 Å². The van der Waals surface area contributed by atoms with Crippen molar-refractivity contribution in [1.82, 2.24) is 0 Å². The molecule has 3 heteroatoms. The van der Waals surface area contributed by atoms with Crippen molar-refractivity contribution in [3.05, 3.63) is 29.6 Å². The van der Waals surface area contributed by atoms with Crippen LogP contribution in [0.15, 0.2) is 18.2 Å². The minimum Gasteiger partial charge on any atom is -0.494 e. The quantitative estimate of drug-likeness (QED) is 0.714. The predicted octanol–water partition coefficient (Wildman–Crippen LogP) is 4.72.